The van der Waals surface area contributed by atoms with Crippen molar-refractivity contribution in [3.05, 3.63) is 0 Å². The third-order valence-electron chi connectivity index (χ3n) is 4.08. The fraction of sp³-hybridized carbons (Fsp3) is 0.857. The van der Waals surface area contributed by atoms with Crippen LogP contribution in [0.2, 0.25) is 0 Å². The number of aliphatic hydroxyl groups is 1. The van der Waals surface area contributed by atoms with E-state index in [2.05, 4.69) is 26.1 Å². The molecule has 1 unspecified atom stereocenters. The predicted molar refractivity (Wildman–Crippen MR) is 71.6 cm³/mol. The van der Waals surface area contributed by atoms with E-state index in [1.807, 2.05) is 0 Å². The van der Waals surface area contributed by atoms with Crippen molar-refractivity contribution in [1.29, 1.82) is 0 Å². The summed E-state index contributed by atoms with van der Waals surface area (Å²) in [5, 5.41) is 20.2. The highest BCUT2D eigenvalue weighted by Crippen LogP contribution is 2.39. The molecule has 1 rings (SSSR count). The molecule has 0 aliphatic heterocycles. The molecule has 0 heterocycles. The van der Waals surface area contributed by atoms with E-state index >= 15 is 0 Å². The van der Waals surface area contributed by atoms with Crippen LogP contribution in [0.1, 0.15) is 46.5 Å². The van der Waals surface area contributed by atoms with E-state index < -0.39 is 12.1 Å². The van der Waals surface area contributed by atoms with Crippen LogP contribution < -0.4 is 5.32 Å². The molecule has 19 heavy (non-hydrogen) atoms. The van der Waals surface area contributed by atoms with Crippen LogP contribution in [-0.2, 0) is 9.59 Å². The number of carboxylic acid groups (broad SMARTS) is 1. The highest BCUT2D eigenvalue weighted by molar-refractivity contribution is 5.80. The first kappa shape index (κ1) is 16.0. The largest absolute Gasteiger partial charge is 0.479 e. The summed E-state index contributed by atoms with van der Waals surface area (Å²) < 4.78 is 0. The molecule has 0 aromatic carbocycles. The molecule has 1 fully saturated rings. The quantitative estimate of drug-likeness (QED) is 0.721. The Morgan fingerprint density at radius 2 is 1.74 bits per heavy atom. The number of aliphatic carboxylic acids is 1. The number of rotatable bonds is 4. The average Bonchev–Trinajstić information content (AvgIpc) is 2.34. The summed E-state index contributed by atoms with van der Waals surface area (Å²) in [7, 11) is 0. The maximum atomic E-state index is 11.9. The molecule has 1 saturated carbocycles. The van der Waals surface area contributed by atoms with Gasteiger partial charge in [-0.1, -0.05) is 20.8 Å². The summed E-state index contributed by atoms with van der Waals surface area (Å²) >= 11 is 0. The molecule has 0 radical (unpaired) electrons. The Hall–Kier alpha value is -1.10. The number of aliphatic hydroxyl groups excluding tert-OH is 1. The first-order chi connectivity index (χ1) is 8.71. The van der Waals surface area contributed by atoms with E-state index in [1.165, 1.54) is 0 Å². The third kappa shape index (κ3) is 4.82. The van der Waals surface area contributed by atoms with Crippen LogP contribution >= 0.6 is 0 Å². The zero-order valence-corrected chi connectivity index (χ0v) is 12.0. The summed E-state index contributed by atoms with van der Waals surface area (Å²) in [6, 6.07) is 0. The molecule has 1 atom stereocenters. The molecular weight excluding hydrogens is 246 g/mol. The van der Waals surface area contributed by atoms with Crippen molar-refractivity contribution in [1.82, 2.24) is 5.32 Å². The van der Waals surface area contributed by atoms with Crippen molar-refractivity contribution in [2.75, 3.05) is 6.54 Å². The Labute approximate surface area is 114 Å². The van der Waals surface area contributed by atoms with Crippen LogP contribution in [0.3, 0.4) is 0 Å². The number of carbonyl (C=O) groups excluding carboxylic acids is 1. The molecule has 0 aromatic rings. The topological polar surface area (TPSA) is 86.6 Å². The van der Waals surface area contributed by atoms with Crippen molar-refractivity contribution >= 4 is 11.9 Å². The van der Waals surface area contributed by atoms with Gasteiger partial charge in [-0.2, -0.15) is 0 Å². The van der Waals surface area contributed by atoms with E-state index in [9.17, 15) is 9.59 Å². The minimum Gasteiger partial charge on any atom is -0.479 e. The molecule has 0 bridgehead atoms. The Morgan fingerprint density at radius 1 is 1.21 bits per heavy atom. The Balaban J connectivity index is 2.35. The highest BCUT2D eigenvalue weighted by atomic mass is 16.4. The first-order valence-corrected chi connectivity index (χ1v) is 6.90. The van der Waals surface area contributed by atoms with Crippen molar-refractivity contribution in [3.63, 3.8) is 0 Å². The highest BCUT2D eigenvalue weighted by Gasteiger charge is 2.32. The normalized spacial score (nSPS) is 25.7. The van der Waals surface area contributed by atoms with Crippen molar-refractivity contribution in [2.45, 2.75) is 52.6 Å². The second-order valence-corrected chi connectivity index (χ2v) is 6.51. The van der Waals surface area contributed by atoms with E-state index in [-0.39, 0.29) is 23.8 Å². The van der Waals surface area contributed by atoms with Crippen LogP contribution in [0.25, 0.3) is 0 Å². The number of amides is 1. The lowest BCUT2D eigenvalue weighted by Gasteiger charge is -2.36. The number of hydrogen-bond acceptors (Lipinski definition) is 3. The number of carbonyl (C=O) groups is 2. The Kier molecular flexibility index (Phi) is 5.35. The fourth-order valence-electron chi connectivity index (χ4n) is 2.65. The molecule has 110 valence electrons. The second-order valence-electron chi connectivity index (χ2n) is 6.51. The molecule has 5 nitrogen and oxygen atoms in total. The SMILES string of the molecule is CC(C)(C)C1CCC(C(=O)NCC(O)C(=O)O)CC1. The zero-order valence-electron chi connectivity index (χ0n) is 12.0. The van der Waals surface area contributed by atoms with Crippen LogP contribution in [0.5, 0.6) is 0 Å². The van der Waals surface area contributed by atoms with Gasteiger partial charge in [0.2, 0.25) is 5.91 Å². The van der Waals surface area contributed by atoms with Gasteiger partial charge in [-0.25, -0.2) is 4.79 Å². The van der Waals surface area contributed by atoms with Gasteiger partial charge in [0.05, 0.1) is 6.54 Å². The summed E-state index contributed by atoms with van der Waals surface area (Å²) in [4.78, 5) is 22.3. The molecule has 3 N–H and O–H groups in total. The average molecular weight is 271 g/mol. The smallest absolute Gasteiger partial charge is 0.334 e. The van der Waals surface area contributed by atoms with E-state index in [0.717, 1.165) is 25.7 Å². The van der Waals surface area contributed by atoms with Gasteiger partial charge < -0.3 is 15.5 Å². The van der Waals surface area contributed by atoms with Gasteiger partial charge in [0.25, 0.3) is 0 Å². The summed E-state index contributed by atoms with van der Waals surface area (Å²) in [5.74, 6) is -0.842. The molecular formula is C14H25NO4. The van der Waals surface area contributed by atoms with E-state index in [1.54, 1.807) is 0 Å². The standard InChI is InChI=1S/C14H25NO4/c1-14(2,3)10-6-4-9(5-7-10)12(17)15-8-11(16)13(18)19/h9-11,16H,4-8H2,1-3H3,(H,15,17)(H,18,19). The lowest BCUT2D eigenvalue weighted by Crippen LogP contribution is -2.41. The van der Waals surface area contributed by atoms with Crippen LogP contribution in [0.15, 0.2) is 0 Å². The summed E-state index contributed by atoms with van der Waals surface area (Å²) in [6.45, 7) is 6.46. The van der Waals surface area contributed by atoms with Gasteiger partial charge in [-0.3, -0.25) is 4.79 Å². The van der Waals surface area contributed by atoms with Gasteiger partial charge in [-0.15, -0.1) is 0 Å². The number of carboxylic acids is 1. The number of hydrogen-bond donors (Lipinski definition) is 3. The maximum absolute atomic E-state index is 11.9. The van der Waals surface area contributed by atoms with Gasteiger partial charge in [0, 0.05) is 5.92 Å². The van der Waals surface area contributed by atoms with Gasteiger partial charge in [0.15, 0.2) is 6.10 Å². The van der Waals surface area contributed by atoms with Crippen molar-refractivity contribution in [3.8, 4) is 0 Å². The molecule has 1 aliphatic rings. The molecule has 5 heteroatoms. The lowest BCUT2D eigenvalue weighted by atomic mass is 9.69. The maximum Gasteiger partial charge on any atom is 0.334 e. The van der Waals surface area contributed by atoms with Gasteiger partial charge >= 0.3 is 5.97 Å². The van der Waals surface area contributed by atoms with E-state index in [0.29, 0.717) is 5.92 Å². The fourth-order valence-corrected chi connectivity index (χ4v) is 2.65. The van der Waals surface area contributed by atoms with Crippen LogP contribution in [-0.4, -0.2) is 34.7 Å². The van der Waals surface area contributed by atoms with Crippen molar-refractivity contribution < 1.29 is 19.8 Å². The van der Waals surface area contributed by atoms with Gasteiger partial charge in [-0.05, 0) is 37.0 Å². The second kappa shape index (κ2) is 6.37. The Morgan fingerprint density at radius 3 is 2.16 bits per heavy atom. The monoisotopic (exact) mass is 271 g/mol. The molecule has 0 aromatic heterocycles. The zero-order chi connectivity index (χ0) is 14.6. The third-order valence-corrected chi connectivity index (χ3v) is 4.08. The first-order valence-electron chi connectivity index (χ1n) is 6.90. The Bertz CT molecular complexity index is 327. The van der Waals surface area contributed by atoms with Gasteiger partial charge in [0.1, 0.15) is 0 Å². The minimum atomic E-state index is -1.52. The lowest BCUT2D eigenvalue weighted by molar-refractivity contribution is -0.146. The summed E-state index contributed by atoms with van der Waals surface area (Å²) in [5.41, 5.74) is 0.279. The molecule has 0 saturated heterocycles. The molecule has 1 aliphatic carbocycles. The van der Waals surface area contributed by atoms with Crippen molar-refractivity contribution in [2.24, 2.45) is 17.3 Å². The molecule has 0 spiro atoms. The summed E-state index contributed by atoms with van der Waals surface area (Å²) in [6.07, 6.45) is 2.23. The van der Waals surface area contributed by atoms with Crippen LogP contribution in [0, 0.1) is 17.3 Å². The predicted octanol–water partition coefficient (Wildman–Crippen LogP) is 1.40. The number of nitrogens with one attached hydrogen (secondary N) is 1. The minimum absolute atomic E-state index is 0.0420. The molecule has 1 amide bonds. The van der Waals surface area contributed by atoms with Crippen LogP contribution in [0.4, 0.5) is 0 Å². The van der Waals surface area contributed by atoms with E-state index in [4.69, 9.17) is 10.2 Å².